The Hall–Kier alpha value is -1.76. The van der Waals surface area contributed by atoms with Gasteiger partial charge in [-0.05, 0) is 49.9 Å². The van der Waals surface area contributed by atoms with Gasteiger partial charge in [-0.2, -0.15) is 0 Å². The smallest absolute Gasteiger partial charge is 0.121 e. The zero-order valence-electron chi connectivity index (χ0n) is 12.4. The highest BCUT2D eigenvalue weighted by atomic mass is 16.3. The van der Waals surface area contributed by atoms with Crippen LogP contribution in [0.15, 0.2) is 30.3 Å². The van der Waals surface area contributed by atoms with Crippen LogP contribution in [0.25, 0.3) is 0 Å². The average Bonchev–Trinajstić information content (AvgIpc) is 2.33. The van der Waals surface area contributed by atoms with E-state index in [4.69, 9.17) is 0 Å². The number of aromatic hydroxyl groups is 1. The summed E-state index contributed by atoms with van der Waals surface area (Å²) in [7, 11) is 0. The molecule has 19 heavy (non-hydrogen) atoms. The lowest BCUT2D eigenvalue weighted by Crippen LogP contribution is -1.99. The van der Waals surface area contributed by atoms with Crippen LogP contribution in [0.2, 0.25) is 0 Å². The molecule has 2 rings (SSSR count). The molecule has 0 aliphatic heterocycles. The number of aryl methyl sites for hydroxylation is 4. The molecule has 0 aliphatic rings. The van der Waals surface area contributed by atoms with Crippen molar-refractivity contribution in [2.75, 3.05) is 0 Å². The van der Waals surface area contributed by atoms with Crippen LogP contribution < -0.4 is 0 Å². The minimum atomic E-state index is 0.344. The van der Waals surface area contributed by atoms with Crippen molar-refractivity contribution in [2.24, 2.45) is 0 Å². The molecule has 100 valence electrons. The van der Waals surface area contributed by atoms with Crippen molar-refractivity contribution >= 4 is 0 Å². The highest BCUT2D eigenvalue weighted by Gasteiger charge is 2.12. The predicted molar refractivity (Wildman–Crippen MR) is 81.0 cm³/mol. The van der Waals surface area contributed by atoms with Crippen LogP contribution in [0, 0.1) is 27.7 Å². The third kappa shape index (κ3) is 2.81. The Bertz CT molecular complexity index is 568. The molecule has 1 nitrogen and oxygen atoms in total. The molecule has 0 spiro atoms. The molecule has 2 aromatic carbocycles. The van der Waals surface area contributed by atoms with E-state index in [2.05, 4.69) is 51.1 Å². The van der Waals surface area contributed by atoms with Crippen LogP contribution in [0.5, 0.6) is 5.75 Å². The van der Waals surface area contributed by atoms with Crippen molar-refractivity contribution < 1.29 is 5.11 Å². The fraction of sp³-hybridized carbons (Fsp3) is 0.333. The second kappa shape index (κ2) is 5.08. The van der Waals surface area contributed by atoms with Gasteiger partial charge in [-0.15, -0.1) is 0 Å². The number of phenols is 1. The van der Waals surface area contributed by atoms with Gasteiger partial charge in [0.2, 0.25) is 0 Å². The van der Waals surface area contributed by atoms with Gasteiger partial charge in [-0.3, -0.25) is 0 Å². The van der Waals surface area contributed by atoms with E-state index in [-0.39, 0.29) is 0 Å². The van der Waals surface area contributed by atoms with Crippen molar-refractivity contribution in [2.45, 2.75) is 40.5 Å². The Morgan fingerprint density at radius 3 is 1.63 bits per heavy atom. The maximum Gasteiger partial charge on any atom is 0.121 e. The Morgan fingerprint density at radius 1 is 0.737 bits per heavy atom. The molecule has 0 saturated carbocycles. The fourth-order valence-electron chi connectivity index (χ4n) is 2.69. The van der Waals surface area contributed by atoms with Crippen LogP contribution in [0.3, 0.4) is 0 Å². The Labute approximate surface area is 115 Å². The van der Waals surface area contributed by atoms with E-state index < -0.39 is 0 Å². The number of hydrogen-bond acceptors (Lipinski definition) is 1. The minimum Gasteiger partial charge on any atom is -0.507 e. The summed E-state index contributed by atoms with van der Waals surface area (Å²) in [6.45, 7) is 10.4. The molecular weight excluding hydrogens is 232 g/mol. The molecule has 1 atom stereocenters. The number of hydrogen-bond donors (Lipinski definition) is 1. The molecule has 1 heteroatoms. The molecule has 0 heterocycles. The zero-order valence-corrected chi connectivity index (χ0v) is 12.4. The zero-order chi connectivity index (χ0) is 14.2. The quantitative estimate of drug-likeness (QED) is 0.818. The summed E-state index contributed by atoms with van der Waals surface area (Å²) >= 11 is 0. The molecule has 0 bridgehead atoms. The molecule has 1 N–H and O–H groups in total. The number of benzene rings is 2. The van der Waals surface area contributed by atoms with Gasteiger partial charge in [0.25, 0.3) is 0 Å². The summed E-state index contributed by atoms with van der Waals surface area (Å²) in [6.07, 6.45) is 0. The van der Waals surface area contributed by atoms with Gasteiger partial charge in [0.1, 0.15) is 5.75 Å². The van der Waals surface area contributed by atoms with E-state index in [0.29, 0.717) is 11.7 Å². The molecule has 0 fully saturated rings. The van der Waals surface area contributed by atoms with Crippen molar-refractivity contribution in [3.63, 3.8) is 0 Å². The lowest BCUT2D eigenvalue weighted by atomic mass is 9.89. The first kappa shape index (κ1) is 13.7. The van der Waals surface area contributed by atoms with Crippen LogP contribution in [-0.4, -0.2) is 5.11 Å². The number of phenolic OH excluding ortho intramolecular Hbond substituents is 1. The molecule has 1 unspecified atom stereocenters. The normalized spacial score (nSPS) is 12.5. The van der Waals surface area contributed by atoms with Crippen molar-refractivity contribution in [3.05, 3.63) is 63.7 Å². The van der Waals surface area contributed by atoms with Crippen molar-refractivity contribution in [1.29, 1.82) is 0 Å². The van der Waals surface area contributed by atoms with E-state index >= 15 is 0 Å². The fourth-order valence-corrected chi connectivity index (χ4v) is 2.69. The Morgan fingerprint density at radius 2 is 1.16 bits per heavy atom. The largest absolute Gasteiger partial charge is 0.507 e. The molecule has 2 aromatic rings. The van der Waals surface area contributed by atoms with Crippen LogP contribution >= 0.6 is 0 Å². The molecule has 0 aromatic heterocycles. The minimum absolute atomic E-state index is 0.344. The second-order valence-corrected chi connectivity index (χ2v) is 5.65. The third-order valence-corrected chi connectivity index (χ3v) is 3.76. The summed E-state index contributed by atoms with van der Waals surface area (Å²) in [4.78, 5) is 0. The number of rotatable bonds is 2. The first-order valence-electron chi connectivity index (χ1n) is 6.77. The predicted octanol–water partition coefficient (Wildman–Crippen LogP) is 4.78. The Balaban J connectivity index is 2.46. The first-order chi connectivity index (χ1) is 8.88. The average molecular weight is 254 g/mol. The summed E-state index contributed by atoms with van der Waals surface area (Å²) < 4.78 is 0. The van der Waals surface area contributed by atoms with Gasteiger partial charge < -0.3 is 5.11 Å². The summed E-state index contributed by atoms with van der Waals surface area (Å²) in [6, 6.07) is 10.9. The maximum atomic E-state index is 9.87. The lowest BCUT2D eigenvalue weighted by Gasteiger charge is -2.16. The highest BCUT2D eigenvalue weighted by molar-refractivity contribution is 5.46. The second-order valence-electron chi connectivity index (χ2n) is 5.65. The van der Waals surface area contributed by atoms with Gasteiger partial charge in [0, 0.05) is 5.92 Å². The summed E-state index contributed by atoms with van der Waals surface area (Å²) in [5, 5.41) is 9.87. The molecular formula is C18H22O. The lowest BCUT2D eigenvalue weighted by molar-refractivity contribution is 0.466. The first-order valence-corrected chi connectivity index (χ1v) is 6.77. The molecule has 0 amide bonds. The van der Waals surface area contributed by atoms with Crippen LogP contribution in [-0.2, 0) is 0 Å². The summed E-state index contributed by atoms with van der Waals surface area (Å²) in [5.74, 6) is 0.757. The Kier molecular flexibility index (Phi) is 3.66. The van der Waals surface area contributed by atoms with Crippen LogP contribution in [0.1, 0.15) is 46.2 Å². The van der Waals surface area contributed by atoms with Gasteiger partial charge >= 0.3 is 0 Å². The standard InChI is InChI=1S/C18H22O/c1-11-6-12(2)8-16(7-11)15(5)17-9-13(3)18(19)14(4)10-17/h6-10,15,19H,1-5H3. The topological polar surface area (TPSA) is 20.2 Å². The van der Waals surface area contributed by atoms with Crippen molar-refractivity contribution in [3.8, 4) is 5.75 Å². The van der Waals surface area contributed by atoms with E-state index in [1.807, 2.05) is 13.8 Å². The van der Waals surface area contributed by atoms with E-state index in [1.54, 1.807) is 0 Å². The van der Waals surface area contributed by atoms with Gasteiger partial charge in [0.05, 0.1) is 0 Å². The van der Waals surface area contributed by atoms with E-state index in [9.17, 15) is 5.11 Å². The van der Waals surface area contributed by atoms with Crippen molar-refractivity contribution in [1.82, 2.24) is 0 Å². The maximum absolute atomic E-state index is 9.87. The monoisotopic (exact) mass is 254 g/mol. The van der Waals surface area contributed by atoms with E-state index in [0.717, 1.165) is 11.1 Å². The molecule has 0 radical (unpaired) electrons. The highest BCUT2D eigenvalue weighted by Crippen LogP contribution is 2.31. The summed E-state index contributed by atoms with van der Waals surface area (Å²) in [5.41, 5.74) is 7.10. The third-order valence-electron chi connectivity index (χ3n) is 3.76. The van der Waals surface area contributed by atoms with Gasteiger partial charge in [-0.1, -0.05) is 48.4 Å². The van der Waals surface area contributed by atoms with Gasteiger partial charge in [-0.25, -0.2) is 0 Å². The molecule has 0 aliphatic carbocycles. The van der Waals surface area contributed by atoms with Gasteiger partial charge in [0.15, 0.2) is 0 Å². The SMILES string of the molecule is Cc1cc(C)cc(C(C)c2cc(C)c(O)c(C)c2)c1. The molecule has 0 saturated heterocycles. The van der Waals surface area contributed by atoms with E-state index in [1.165, 1.54) is 22.3 Å². The van der Waals surface area contributed by atoms with Crippen LogP contribution in [0.4, 0.5) is 0 Å².